The fraction of sp³-hybridized carbons (Fsp3) is 0.588. The minimum atomic E-state index is -0.0554. The molecular weight excluding hydrogens is 284 g/mol. The van der Waals surface area contributed by atoms with E-state index < -0.39 is 0 Å². The summed E-state index contributed by atoms with van der Waals surface area (Å²) in [6.45, 7) is 4.31. The maximum atomic E-state index is 12.8. The van der Waals surface area contributed by atoms with Gasteiger partial charge in [-0.2, -0.15) is 0 Å². The van der Waals surface area contributed by atoms with Gasteiger partial charge in [-0.25, -0.2) is 0 Å². The summed E-state index contributed by atoms with van der Waals surface area (Å²) in [7, 11) is 0. The Labute approximate surface area is 131 Å². The minimum absolute atomic E-state index is 0.0386. The van der Waals surface area contributed by atoms with Crippen molar-refractivity contribution < 1.29 is 4.79 Å². The monoisotopic (exact) mass is 306 g/mol. The lowest BCUT2D eigenvalue weighted by atomic mass is 10.1. The van der Waals surface area contributed by atoms with Crippen LogP contribution in [0.25, 0.3) is 0 Å². The number of nitrogens with one attached hydrogen (secondary N) is 1. The lowest BCUT2D eigenvalue weighted by Crippen LogP contribution is -2.39. The van der Waals surface area contributed by atoms with Gasteiger partial charge < -0.3 is 4.90 Å². The molecule has 2 fully saturated rings. The van der Waals surface area contributed by atoms with Crippen molar-refractivity contribution in [2.24, 2.45) is 5.92 Å². The molecule has 0 bridgehead atoms. The Balaban J connectivity index is 1.89. The summed E-state index contributed by atoms with van der Waals surface area (Å²) in [6, 6.07) is 8.10. The van der Waals surface area contributed by atoms with Gasteiger partial charge in [0.1, 0.15) is 6.17 Å². The standard InChI is InChI=1S/C17H23ClN2O/c1-3-5-15-17(21)20(11(2)12-8-9-12)16(19-15)13-6-4-7-14(18)10-13/h4,6-7,10-12,15-16,19H,3,5,8-9H2,1-2H3. The highest BCUT2D eigenvalue weighted by atomic mass is 35.5. The summed E-state index contributed by atoms with van der Waals surface area (Å²) >= 11 is 6.13. The van der Waals surface area contributed by atoms with Gasteiger partial charge in [0.2, 0.25) is 5.91 Å². The number of hydrogen-bond acceptors (Lipinski definition) is 2. The molecule has 1 aromatic carbocycles. The van der Waals surface area contributed by atoms with Crippen molar-refractivity contribution >= 4 is 17.5 Å². The fourth-order valence-electron chi connectivity index (χ4n) is 3.32. The molecule has 1 saturated carbocycles. The summed E-state index contributed by atoms with van der Waals surface area (Å²) < 4.78 is 0. The summed E-state index contributed by atoms with van der Waals surface area (Å²) in [5, 5.41) is 4.24. The molecular formula is C17H23ClN2O. The second-order valence-corrected chi connectivity index (χ2v) is 6.73. The van der Waals surface area contributed by atoms with Crippen LogP contribution >= 0.6 is 11.6 Å². The van der Waals surface area contributed by atoms with Crippen LogP contribution in [-0.4, -0.2) is 22.9 Å². The van der Waals surface area contributed by atoms with Crippen LogP contribution in [0.15, 0.2) is 24.3 Å². The van der Waals surface area contributed by atoms with Gasteiger partial charge in [0.25, 0.3) is 0 Å². The van der Waals surface area contributed by atoms with Crippen LogP contribution < -0.4 is 5.32 Å². The first-order chi connectivity index (χ1) is 10.1. The van der Waals surface area contributed by atoms with E-state index in [1.165, 1.54) is 12.8 Å². The number of hydrogen-bond donors (Lipinski definition) is 1. The number of halogens is 1. The van der Waals surface area contributed by atoms with Crippen molar-refractivity contribution in [2.45, 2.75) is 57.8 Å². The zero-order valence-electron chi connectivity index (χ0n) is 12.7. The molecule has 1 N–H and O–H groups in total. The Hall–Kier alpha value is -1.06. The van der Waals surface area contributed by atoms with Crippen LogP contribution in [0.3, 0.4) is 0 Å². The summed E-state index contributed by atoms with van der Waals surface area (Å²) in [4.78, 5) is 14.8. The van der Waals surface area contributed by atoms with Crippen molar-refractivity contribution in [2.75, 3.05) is 0 Å². The third kappa shape index (κ3) is 2.95. The quantitative estimate of drug-likeness (QED) is 0.899. The Morgan fingerprint density at radius 3 is 2.81 bits per heavy atom. The lowest BCUT2D eigenvalue weighted by Gasteiger charge is -2.31. The highest BCUT2D eigenvalue weighted by molar-refractivity contribution is 6.30. The van der Waals surface area contributed by atoms with E-state index in [0.717, 1.165) is 23.4 Å². The van der Waals surface area contributed by atoms with Crippen molar-refractivity contribution in [3.63, 3.8) is 0 Å². The summed E-state index contributed by atoms with van der Waals surface area (Å²) in [5.41, 5.74) is 1.09. The van der Waals surface area contributed by atoms with E-state index in [9.17, 15) is 4.79 Å². The third-order valence-corrected chi connectivity index (χ3v) is 4.91. The second kappa shape index (κ2) is 5.98. The molecule has 1 heterocycles. The zero-order valence-corrected chi connectivity index (χ0v) is 13.4. The normalized spacial score (nSPS) is 27.2. The highest BCUT2D eigenvalue weighted by Gasteiger charge is 2.45. The lowest BCUT2D eigenvalue weighted by molar-refractivity contribution is -0.132. The maximum absolute atomic E-state index is 12.8. The topological polar surface area (TPSA) is 32.3 Å². The van der Waals surface area contributed by atoms with Crippen molar-refractivity contribution in [1.82, 2.24) is 10.2 Å². The Morgan fingerprint density at radius 2 is 2.19 bits per heavy atom. The summed E-state index contributed by atoms with van der Waals surface area (Å²) in [6.07, 6.45) is 4.35. The number of carbonyl (C=O) groups excluding carboxylic acids is 1. The highest BCUT2D eigenvalue weighted by Crippen LogP contribution is 2.40. The van der Waals surface area contributed by atoms with Gasteiger partial charge in [0.05, 0.1) is 6.04 Å². The summed E-state index contributed by atoms with van der Waals surface area (Å²) in [5.74, 6) is 0.916. The van der Waals surface area contributed by atoms with E-state index >= 15 is 0 Å². The number of rotatable bonds is 5. The molecule has 1 aromatic rings. The molecule has 4 heteroatoms. The number of carbonyl (C=O) groups is 1. The van der Waals surface area contributed by atoms with E-state index in [1.807, 2.05) is 18.2 Å². The molecule has 1 amide bonds. The first kappa shape index (κ1) is 14.9. The van der Waals surface area contributed by atoms with Gasteiger partial charge >= 0.3 is 0 Å². The van der Waals surface area contributed by atoms with Gasteiger partial charge in [-0.1, -0.05) is 37.1 Å². The average Bonchev–Trinajstić information content (AvgIpc) is 3.25. The van der Waals surface area contributed by atoms with Crippen LogP contribution in [0.1, 0.15) is 51.3 Å². The molecule has 3 atom stereocenters. The fourth-order valence-corrected chi connectivity index (χ4v) is 3.52. The van der Waals surface area contributed by atoms with E-state index in [1.54, 1.807) is 0 Å². The number of nitrogens with zero attached hydrogens (tertiary/aromatic N) is 1. The van der Waals surface area contributed by atoms with Crippen LogP contribution in [0.2, 0.25) is 5.02 Å². The van der Waals surface area contributed by atoms with Crippen molar-refractivity contribution in [3.05, 3.63) is 34.9 Å². The second-order valence-electron chi connectivity index (χ2n) is 6.29. The molecule has 1 aliphatic carbocycles. The van der Waals surface area contributed by atoms with Crippen molar-refractivity contribution in [3.8, 4) is 0 Å². The molecule has 3 unspecified atom stereocenters. The molecule has 3 nitrogen and oxygen atoms in total. The first-order valence-corrected chi connectivity index (χ1v) is 8.33. The molecule has 2 aliphatic rings. The van der Waals surface area contributed by atoms with Gasteiger partial charge in [0.15, 0.2) is 0 Å². The molecule has 0 aromatic heterocycles. The molecule has 0 spiro atoms. The average molecular weight is 307 g/mol. The van der Waals surface area contributed by atoms with Gasteiger partial charge in [-0.3, -0.25) is 10.1 Å². The predicted octanol–water partition coefficient (Wildman–Crippen LogP) is 3.74. The molecule has 3 rings (SSSR count). The smallest absolute Gasteiger partial charge is 0.241 e. The Morgan fingerprint density at radius 1 is 1.43 bits per heavy atom. The minimum Gasteiger partial charge on any atom is -0.319 e. The van der Waals surface area contributed by atoms with Crippen LogP contribution in [0.5, 0.6) is 0 Å². The zero-order chi connectivity index (χ0) is 15.0. The van der Waals surface area contributed by atoms with E-state index in [0.29, 0.717) is 12.0 Å². The molecule has 114 valence electrons. The van der Waals surface area contributed by atoms with E-state index in [-0.39, 0.29) is 18.1 Å². The van der Waals surface area contributed by atoms with Gasteiger partial charge in [-0.15, -0.1) is 0 Å². The van der Waals surface area contributed by atoms with Crippen molar-refractivity contribution in [1.29, 1.82) is 0 Å². The first-order valence-electron chi connectivity index (χ1n) is 7.95. The van der Waals surface area contributed by atoms with Crippen LogP contribution in [0, 0.1) is 5.92 Å². The van der Waals surface area contributed by atoms with Gasteiger partial charge in [-0.05, 0) is 49.8 Å². The number of amides is 1. The van der Waals surface area contributed by atoms with Gasteiger partial charge in [0, 0.05) is 11.1 Å². The SMILES string of the molecule is CCCC1NC(c2cccc(Cl)c2)N(C(C)C2CC2)C1=O. The molecule has 21 heavy (non-hydrogen) atoms. The Kier molecular flexibility index (Phi) is 4.23. The number of benzene rings is 1. The van der Waals surface area contributed by atoms with E-state index in [2.05, 4.69) is 30.1 Å². The predicted molar refractivity (Wildman–Crippen MR) is 85.1 cm³/mol. The molecule has 1 aliphatic heterocycles. The van der Waals surface area contributed by atoms with Crippen LogP contribution in [-0.2, 0) is 4.79 Å². The molecule has 1 saturated heterocycles. The Bertz CT molecular complexity index is 529. The largest absolute Gasteiger partial charge is 0.319 e. The maximum Gasteiger partial charge on any atom is 0.241 e. The van der Waals surface area contributed by atoms with Crippen LogP contribution in [0.4, 0.5) is 0 Å². The third-order valence-electron chi connectivity index (χ3n) is 4.67. The molecule has 0 radical (unpaired) electrons. The van der Waals surface area contributed by atoms with E-state index in [4.69, 9.17) is 11.6 Å².